The van der Waals surface area contributed by atoms with E-state index in [1.165, 1.54) is 24.3 Å². The number of nitrogens with one attached hydrogen (secondary N) is 1. The third-order valence-corrected chi connectivity index (χ3v) is 4.61. The summed E-state index contributed by atoms with van der Waals surface area (Å²) in [7, 11) is 0. The Balaban J connectivity index is 1.91. The number of benzene rings is 1. The molecule has 2 atom stereocenters. The molecule has 1 fully saturated rings. The first kappa shape index (κ1) is 13.6. The van der Waals surface area contributed by atoms with Crippen molar-refractivity contribution in [1.82, 2.24) is 14.9 Å². The zero-order valence-corrected chi connectivity index (χ0v) is 12.6. The molecule has 1 aliphatic rings. The first-order valence-corrected chi connectivity index (χ1v) is 7.94. The van der Waals surface area contributed by atoms with E-state index in [4.69, 9.17) is 4.98 Å². The van der Waals surface area contributed by atoms with Gasteiger partial charge in [-0.05, 0) is 49.9 Å². The van der Waals surface area contributed by atoms with Gasteiger partial charge in [0.2, 0.25) is 0 Å². The van der Waals surface area contributed by atoms with Gasteiger partial charge in [0.25, 0.3) is 0 Å². The topological polar surface area (TPSA) is 29.9 Å². The summed E-state index contributed by atoms with van der Waals surface area (Å²) in [6.07, 6.45) is 3.55. The van der Waals surface area contributed by atoms with Crippen LogP contribution in [0.25, 0.3) is 11.0 Å². The molecule has 2 unspecified atom stereocenters. The Morgan fingerprint density at radius 2 is 2.20 bits per heavy atom. The second kappa shape index (κ2) is 5.96. The largest absolute Gasteiger partial charge is 0.328 e. The van der Waals surface area contributed by atoms with Crippen molar-refractivity contribution in [2.24, 2.45) is 11.8 Å². The molecule has 2 aromatic rings. The number of hydrogen-bond donors (Lipinski definition) is 1. The fourth-order valence-electron chi connectivity index (χ4n) is 3.32. The van der Waals surface area contributed by atoms with Gasteiger partial charge in [-0.25, -0.2) is 4.98 Å². The maximum absolute atomic E-state index is 4.90. The van der Waals surface area contributed by atoms with Crippen molar-refractivity contribution in [2.75, 3.05) is 13.1 Å². The number of rotatable bonds is 4. The van der Waals surface area contributed by atoms with E-state index in [2.05, 4.69) is 48.0 Å². The Morgan fingerprint density at radius 1 is 1.35 bits per heavy atom. The highest BCUT2D eigenvalue weighted by Crippen LogP contribution is 2.25. The molecule has 3 heteroatoms. The highest BCUT2D eigenvalue weighted by molar-refractivity contribution is 5.75. The van der Waals surface area contributed by atoms with Gasteiger partial charge in [0.15, 0.2) is 0 Å². The summed E-state index contributed by atoms with van der Waals surface area (Å²) in [4.78, 5) is 4.90. The zero-order chi connectivity index (χ0) is 13.9. The van der Waals surface area contributed by atoms with Crippen LogP contribution in [0.2, 0.25) is 0 Å². The Morgan fingerprint density at radius 3 is 3.00 bits per heavy atom. The maximum atomic E-state index is 4.90. The number of nitrogens with zero attached hydrogens (tertiary/aromatic N) is 2. The van der Waals surface area contributed by atoms with Gasteiger partial charge in [0.1, 0.15) is 5.82 Å². The number of aryl methyl sites for hydroxylation is 1. The van der Waals surface area contributed by atoms with E-state index in [0.717, 1.165) is 43.3 Å². The molecule has 2 heterocycles. The van der Waals surface area contributed by atoms with E-state index in [9.17, 15) is 0 Å². The molecule has 1 saturated heterocycles. The van der Waals surface area contributed by atoms with Crippen LogP contribution in [0, 0.1) is 11.8 Å². The number of hydrogen-bond acceptors (Lipinski definition) is 2. The van der Waals surface area contributed by atoms with Crippen LogP contribution < -0.4 is 5.32 Å². The summed E-state index contributed by atoms with van der Waals surface area (Å²) in [6.45, 7) is 8.01. The predicted molar refractivity (Wildman–Crippen MR) is 83.9 cm³/mol. The summed E-state index contributed by atoms with van der Waals surface area (Å²) >= 11 is 0. The molecule has 0 bridgehead atoms. The molecule has 3 rings (SSSR count). The average molecular weight is 271 g/mol. The highest BCUT2D eigenvalue weighted by atomic mass is 15.1. The first-order chi connectivity index (χ1) is 9.79. The van der Waals surface area contributed by atoms with Crippen LogP contribution in [-0.2, 0) is 13.0 Å². The van der Waals surface area contributed by atoms with E-state index >= 15 is 0 Å². The average Bonchev–Trinajstić information content (AvgIpc) is 2.80. The lowest BCUT2D eigenvalue weighted by Gasteiger charge is -2.29. The van der Waals surface area contributed by atoms with Crippen molar-refractivity contribution >= 4 is 11.0 Å². The third-order valence-electron chi connectivity index (χ3n) is 4.61. The van der Waals surface area contributed by atoms with Crippen molar-refractivity contribution in [1.29, 1.82) is 0 Å². The standard InChI is InChI=1S/C17H25N3/c1-3-10-20-16-7-5-4-6-15(16)19-17(20)11-14-12-18-9-8-13(14)2/h4-7,13-14,18H,3,8-12H2,1-2H3. The van der Waals surface area contributed by atoms with Gasteiger partial charge in [-0.15, -0.1) is 0 Å². The van der Waals surface area contributed by atoms with Crippen molar-refractivity contribution in [2.45, 2.75) is 39.7 Å². The lowest BCUT2D eigenvalue weighted by atomic mass is 9.85. The fraction of sp³-hybridized carbons (Fsp3) is 0.588. The van der Waals surface area contributed by atoms with Gasteiger partial charge in [-0.3, -0.25) is 0 Å². The lowest BCUT2D eigenvalue weighted by molar-refractivity contribution is 0.267. The quantitative estimate of drug-likeness (QED) is 0.925. The fourth-order valence-corrected chi connectivity index (χ4v) is 3.32. The number of para-hydroxylation sites is 2. The second-order valence-corrected chi connectivity index (χ2v) is 6.10. The molecule has 108 valence electrons. The van der Waals surface area contributed by atoms with E-state index in [1.807, 2.05) is 0 Å². The summed E-state index contributed by atoms with van der Waals surface area (Å²) in [5.74, 6) is 2.79. The van der Waals surface area contributed by atoms with Gasteiger partial charge in [0, 0.05) is 13.0 Å². The van der Waals surface area contributed by atoms with Crippen LogP contribution in [0.5, 0.6) is 0 Å². The lowest BCUT2D eigenvalue weighted by Crippen LogP contribution is -2.36. The summed E-state index contributed by atoms with van der Waals surface area (Å²) < 4.78 is 2.43. The van der Waals surface area contributed by atoms with Crippen LogP contribution >= 0.6 is 0 Å². The molecule has 1 aliphatic heterocycles. The molecule has 0 spiro atoms. The van der Waals surface area contributed by atoms with Gasteiger partial charge >= 0.3 is 0 Å². The van der Waals surface area contributed by atoms with Crippen LogP contribution in [0.1, 0.15) is 32.5 Å². The van der Waals surface area contributed by atoms with Crippen LogP contribution in [0.3, 0.4) is 0 Å². The van der Waals surface area contributed by atoms with E-state index < -0.39 is 0 Å². The van der Waals surface area contributed by atoms with Gasteiger partial charge < -0.3 is 9.88 Å². The minimum absolute atomic E-state index is 0.719. The molecule has 3 nitrogen and oxygen atoms in total. The van der Waals surface area contributed by atoms with E-state index in [-0.39, 0.29) is 0 Å². The smallest absolute Gasteiger partial charge is 0.110 e. The molecular weight excluding hydrogens is 246 g/mol. The Labute approximate surface area is 121 Å². The maximum Gasteiger partial charge on any atom is 0.110 e. The molecule has 1 aromatic heterocycles. The minimum atomic E-state index is 0.719. The predicted octanol–water partition coefficient (Wildman–Crippen LogP) is 3.23. The van der Waals surface area contributed by atoms with Crippen molar-refractivity contribution in [3.8, 4) is 0 Å². The van der Waals surface area contributed by atoms with Crippen LogP contribution in [-0.4, -0.2) is 22.6 Å². The monoisotopic (exact) mass is 271 g/mol. The summed E-state index contributed by atoms with van der Waals surface area (Å²) in [5, 5.41) is 3.53. The van der Waals surface area contributed by atoms with Gasteiger partial charge in [-0.1, -0.05) is 26.0 Å². The van der Waals surface area contributed by atoms with Gasteiger partial charge in [-0.2, -0.15) is 0 Å². The van der Waals surface area contributed by atoms with Crippen molar-refractivity contribution in [3.63, 3.8) is 0 Å². The normalized spacial score (nSPS) is 23.3. The molecule has 0 amide bonds. The first-order valence-electron chi connectivity index (χ1n) is 7.94. The molecule has 0 saturated carbocycles. The van der Waals surface area contributed by atoms with Gasteiger partial charge in [0.05, 0.1) is 11.0 Å². The second-order valence-electron chi connectivity index (χ2n) is 6.10. The third kappa shape index (κ3) is 2.59. The van der Waals surface area contributed by atoms with E-state index in [1.54, 1.807) is 0 Å². The molecule has 20 heavy (non-hydrogen) atoms. The molecule has 0 aliphatic carbocycles. The molecular formula is C17H25N3. The number of imidazole rings is 1. The Bertz CT molecular complexity index is 573. The van der Waals surface area contributed by atoms with Crippen molar-refractivity contribution in [3.05, 3.63) is 30.1 Å². The zero-order valence-electron chi connectivity index (χ0n) is 12.6. The number of fused-ring (bicyclic) bond motifs is 1. The summed E-state index contributed by atoms with van der Waals surface area (Å²) in [5.41, 5.74) is 2.44. The van der Waals surface area contributed by atoms with Crippen molar-refractivity contribution < 1.29 is 0 Å². The molecule has 0 radical (unpaired) electrons. The number of aromatic nitrogens is 2. The van der Waals surface area contributed by atoms with E-state index in [0.29, 0.717) is 0 Å². The SMILES string of the molecule is CCCn1c(CC2CNCCC2C)nc2ccccc21. The highest BCUT2D eigenvalue weighted by Gasteiger charge is 2.23. The van der Waals surface area contributed by atoms with Crippen LogP contribution in [0.4, 0.5) is 0 Å². The summed E-state index contributed by atoms with van der Waals surface area (Å²) in [6, 6.07) is 8.53. The molecule has 1 aromatic carbocycles. The Kier molecular flexibility index (Phi) is 4.06. The van der Waals surface area contributed by atoms with Crippen LogP contribution in [0.15, 0.2) is 24.3 Å². The minimum Gasteiger partial charge on any atom is -0.328 e. The number of piperidine rings is 1. The molecule has 1 N–H and O–H groups in total. The Hall–Kier alpha value is -1.35.